The highest BCUT2D eigenvalue weighted by atomic mass is 16.6. The van der Waals surface area contributed by atoms with E-state index >= 15 is 0 Å². The maximum atomic E-state index is 9.64. The number of aliphatic hydroxyl groups excluding tert-OH is 4. The van der Waals surface area contributed by atoms with Crippen molar-refractivity contribution in [3.8, 4) is 0 Å². The fourth-order valence-corrected chi connectivity index (χ4v) is 1.51. The molecule has 5 atom stereocenters. The predicted octanol–water partition coefficient (Wildman–Crippen LogP) is -1.83. The molecule has 5 N–H and O–H groups in total. The van der Waals surface area contributed by atoms with Crippen LogP contribution in [0.2, 0.25) is 0 Å². The van der Waals surface area contributed by atoms with E-state index in [1.165, 1.54) is 0 Å². The average molecular weight is 235 g/mol. The molecule has 1 aliphatic rings. The number of rotatable bonds is 2. The Morgan fingerprint density at radius 2 is 1.56 bits per heavy atom. The summed E-state index contributed by atoms with van der Waals surface area (Å²) in [4.78, 5) is 0. The van der Waals surface area contributed by atoms with Gasteiger partial charge in [-0.05, 0) is 20.8 Å². The minimum Gasteiger partial charge on any atom is -0.388 e. The highest BCUT2D eigenvalue weighted by Crippen LogP contribution is 2.19. The molecule has 0 aromatic heterocycles. The van der Waals surface area contributed by atoms with Crippen LogP contribution in [-0.2, 0) is 4.74 Å². The van der Waals surface area contributed by atoms with Gasteiger partial charge in [0.15, 0.2) is 6.29 Å². The average Bonchev–Trinajstić information content (AvgIpc) is 2.17. The van der Waals surface area contributed by atoms with Crippen LogP contribution in [0.1, 0.15) is 20.8 Å². The van der Waals surface area contributed by atoms with Gasteiger partial charge in [-0.15, -0.1) is 0 Å². The SMILES string of the molecule is CC(C)(C)NC[C@H]1O[C@H](O)[C@H](O)[C@@H](O)[C@H]1O. The van der Waals surface area contributed by atoms with Crippen molar-refractivity contribution >= 4 is 0 Å². The van der Waals surface area contributed by atoms with Crippen LogP contribution in [0.4, 0.5) is 0 Å². The molecule has 96 valence electrons. The van der Waals surface area contributed by atoms with E-state index in [4.69, 9.17) is 4.74 Å². The molecule has 1 fully saturated rings. The molecule has 0 bridgehead atoms. The topological polar surface area (TPSA) is 102 Å². The molecule has 0 spiro atoms. The second-order valence-electron chi connectivity index (χ2n) is 5.17. The van der Waals surface area contributed by atoms with Crippen molar-refractivity contribution < 1.29 is 25.2 Å². The zero-order chi connectivity index (χ0) is 12.5. The fraction of sp³-hybridized carbons (Fsp3) is 1.00. The van der Waals surface area contributed by atoms with Crippen LogP contribution in [0, 0.1) is 0 Å². The fourth-order valence-electron chi connectivity index (χ4n) is 1.51. The Labute approximate surface area is 94.9 Å². The molecule has 6 heteroatoms. The summed E-state index contributed by atoms with van der Waals surface area (Å²) in [6, 6.07) is 0. The lowest BCUT2D eigenvalue weighted by atomic mass is 9.98. The molecule has 0 saturated carbocycles. The van der Waals surface area contributed by atoms with E-state index in [1.54, 1.807) is 0 Å². The van der Waals surface area contributed by atoms with E-state index < -0.39 is 30.7 Å². The van der Waals surface area contributed by atoms with Gasteiger partial charge >= 0.3 is 0 Å². The minimum atomic E-state index is -1.47. The van der Waals surface area contributed by atoms with Crippen LogP contribution in [0.25, 0.3) is 0 Å². The summed E-state index contributed by atoms with van der Waals surface area (Å²) in [6.45, 7) is 6.13. The molecule has 1 rings (SSSR count). The number of ether oxygens (including phenoxy) is 1. The second kappa shape index (κ2) is 4.95. The molecule has 0 aromatic rings. The Morgan fingerprint density at radius 3 is 2.06 bits per heavy atom. The molecule has 0 amide bonds. The van der Waals surface area contributed by atoms with E-state index in [9.17, 15) is 20.4 Å². The monoisotopic (exact) mass is 235 g/mol. The van der Waals surface area contributed by atoms with Crippen LogP contribution in [-0.4, -0.2) is 63.2 Å². The van der Waals surface area contributed by atoms with Gasteiger partial charge in [-0.25, -0.2) is 0 Å². The third-order valence-corrected chi connectivity index (χ3v) is 2.52. The second-order valence-corrected chi connectivity index (χ2v) is 5.17. The first-order valence-electron chi connectivity index (χ1n) is 5.35. The van der Waals surface area contributed by atoms with Gasteiger partial charge in [0.1, 0.15) is 24.4 Å². The number of hydrogen-bond acceptors (Lipinski definition) is 6. The van der Waals surface area contributed by atoms with Crippen molar-refractivity contribution in [3.63, 3.8) is 0 Å². The third kappa shape index (κ3) is 3.38. The van der Waals surface area contributed by atoms with Gasteiger partial charge in [0.2, 0.25) is 0 Å². The summed E-state index contributed by atoms with van der Waals surface area (Å²) >= 11 is 0. The maximum Gasteiger partial charge on any atom is 0.184 e. The lowest BCUT2D eigenvalue weighted by Gasteiger charge is -2.39. The van der Waals surface area contributed by atoms with E-state index in [2.05, 4.69) is 5.32 Å². The Bertz CT molecular complexity index is 230. The quantitative estimate of drug-likeness (QED) is 0.386. The van der Waals surface area contributed by atoms with Crippen LogP contribution >= 0.6 is 0 Å². The summed E-state index contributed by atoms with van der Waals surface area (Å²) in [6.07, 6.45) is -6.29. The van der Waals surface area contributed by atoms with Crippen molar-refractivity contribution in [2.24, 2.45) is 0 Å². The maximum absolute atomic E-state index is 9.64. The van der Waals surface area contributed by atoms with Gasteiger partial charge in [-0.2, -0.15) is 0 Å². The van der Waals surface area contributed by atoms with Crippen molar-refractivity contribution in [2.75, 3.05) is 6.54 Å². The lowest BCUT2D eigenvalue weighted by molar-refractivity contribution is -0.280. The first-order chi connectivity index (χ1) is 7.22. The highest BCUT2D eigenvalue weighted by molar-refractivity contribution is 4.90. The number of aliphatic hydroxyl groups is 4. The van der Waals surface area contributed by atoms with Gasteiger partial charge in [-0.3, -0.25) is 0 Å². The van der Waals surface area contributed by atoms with Gasteiger partial charge in [0.25, 0.3) is 0 Å². The molecule has 6 nitrogen and oxygen atoms in total. The molecule has 0 unspecified atom stereocenters. The third-order valence-electron chi connectivity index (χ3n) is 2.52. The Kier molecular flexibility index (Phi) is 4.28. The van der Waals surface area contributed by atoms with E-state index in [0.29, 0.717) is 0 Å². The molecule has 16 heavy (non-hydrogen) atoms. The Morgan fingerprint density at radius 1 is 1.00 bits per heavy atom. The summed E-state index contributed by atoms with van der Waals surface area (Å²) in [5.74, 6) is 0. The van der Waals surface area contributed by atoms with E-state index in [0.717, 1.165) is 0 Å². The van der Waals surface area contributed by atoms with E-state index in [1.807, 2.05) is 20.8 Å². The van der Waals surface area contributed by atoms with Crippen LogP contribution in [0.5, 0.6) is 0 Å². The zero-order valence-corrected chi connectivity index (χ0v) is 9.79. The van der Waals surface area contributed by atoms with Gasteiger partial charge < -0.3 is 30.5 Å². The molecule has 1 aliphatic heterocycles. The summed E-state index contributed by atoms with van der Waals surface area (Å²) in [5, 5.41) is 40.7. The van der Waals surface area contributed by atoms with Gasteiger partial charge in [0.05, 0.1) is 0 Å². The highest BCUT2D eigenvalue weighted by Gasteiger charge is 2.42. The molecular formula is C10H21NO5. The zero-order valence-electron chi connectivity index (χ0n) is 9.79. The number of hydrogen-bond donors (Lipinski definition) is 5. The summed E-state index contributed by atoms with van der Waals surface area (Å²) in [7, 11) is 0. The Hall–Kier alpha value is -0.240. The summed E-state index contributed by atoms with van der Waals surface area (Å²) < 4.78 is 5.01. The minimum absolute atomic E-state index is 0.158. The van der Waals surface area contributed by atoms with Crippen molar-refractivity contribution in [1.29, 1.82) is 0 Å². The van der Waals surface area contributed by atoms with Crippen molar-refractivity contribution in [2.45, 2.75) is 57.0 Å². The van der Waals surface area contributed by atoms with Gasteiger partial charge in [0, 0.05) is 12.1 Å². The van der Waals surface area contributed by atoms with Gasteiger partial charge in [-0.1, -0.05) is 0 Å². The predicted molar refractivity (Wildman–Crippen MR) is 56.7 cm³/mol. The van der Waals surface area contributed by atoms with Crippen LogP contribution in [0.3, 0.4) is 0 Å². The molecule has 0 radical (unpaired) electrons. The largest absolute Gasteiger partial charge is 0.388 e. The first kappa shape index (κ1) is 13.8. The molecule has 1 saturated heterocycles. The van der Waals surface area contributed by atoms with Crippen LogP contribution < -0.4 is 5.32 Å². The normalized spacial score (nSPS) is 41.1. The number of nitrogens with one attached hydrogen (secondary N) is 1. The standard InChI is InChI=1S/C10H21NO5/c1-10(2,3)11-4-5-6(12)7(13)8(14)9(15)16-5/h5-9,11-15H,4H2,1-3H3/t5-,6+,7+,8-,9+/m1/s1. The summed E-state index contributed by atoms with van der Waals surface area (Å²) in [5.41, 5.74) is -0.158. The lowest BCUT2D eigenvalue weighted by Crippen LogP contribution is -2.60. The molecule has 0 aromatic carbocycles. The van der Waals surface area contributed by atoms with Crippen molar-refractivity contribution in [3.05, 3.63) is 0 Å². The van der Waals surface area contributed by atoms with E-state index in [-0.39, 0.29) is 12.1 Å². The van der Waals surface area contributed by atoms with Crippen molar-refractivity contribution in [1.82, 2.24) is 5.32 Å². The first-order valence-corrected chi connectivity index (χ1v) is 5.35. The molecule has 0 aliphatic carbocycles. The van der Waals surface area contributed by atoms with Crippen LogP contribution in [0.15, 0.2) is 0 Å². The molecule has 1 heterocycles. The molecular weight excluding hydrogens is 214 g/mol. The Balaban J connectivity index is 2.54. The smallest absolute Gasteiger partial charge is 0.184 e.